The lowest BCUT2D eigenvalue weighted by Gasteiger charge is -2.32. The number of hydrogen-bond acceptors (Lipinski definition) is 4. The van der Waals surface area contributed by atoms with Crippen LogP contribution in [-0.4, -0.2) is 30.4 Å². The van der Waals surface area contributed by atoms with Gasteiger partial charge in [0.15, 0.2) is 0 Å². The summed E-state index contributed by atoms with van der Waals surface area (Å²) < 4.78 is 17.4. The van der Waals surface area contributed by atoms with Crippen LogP contribution < -0.4 is 4.74 Å². The lowest BCUT2D eigenvalue weighted by Crippen LogP contribution is -2.40. The molecule has 4 heteroatoms. The average molecular weight is 316 g/mol. The van der Waals surface area contributed by atoms with Crippen molar-refractivity contribution < 1.29 is 19.0 Å². The third-order valence-electron chi connectivity index (χ3n) is 4.09. The normalized spacial score (nSPS) is 25.9. The van der Waals surface area contributed by atoms with Crippen molar-refractivity contribution in [3.63, 3.8) is 0 Å². The minimum absolute atomic E-state index is 0.0957. The van der Waals surface area contributed by atoms with Crippen molar-refractivity contribution in [1.29, 1.82) is 0 Å². The monoisotopic (exact) mass is 316 g/mol. The van der Waals surface area contributed by atoms with E-state index in [1.807, 2.05) is 52.0 Å². The number of esters is 1. The summed E-state index contributed by atoms with van der Waals surface area (Å²) in [6.45, 7) is 8.14. The second-order valence-corrected chi connectivity index (χ2v) is 7.02. The average Bonchev–Trinajstić information content (AvgIpc) is 2.83. The van der Waals surface area contributed by atoms with E-state index >= 15 is 0 Å². The molecule has 0 spiro atoms. The maximum atomic E-state index is 12.6. The van der Waals surface area contributed by atoms with Crippen LogP contribution in [0.3, 0.4) is 0 Å². The molecule has 0 fully saturated rings. The van der Waals surface area contributed by atoms with Crippen molar-refractivity contribution in [3.8, 4) is 5.75 Å². The van der Waals surface area contributed by atoms with Gasteiger partial charge in [-0.3, -0.25) is 4.79 Å². The standard InChI is InChI=1S/C19H24O4/c1-5-21-16-10-13-12-8-6-7-9-15(12)22-17(13)11-14(16)18(20)23-19(2,3)4/h6-10,14,16-17H,5,11H2,1-4H3/t14-,16+,17+/m0/s1. The van der Waals surface area contributed by atoms with Crippen molar-refractivity contribution >= 4 is 11.5 Å². The smallest absolute Gasteiger partial charge is 0.312 e. The zero-order valence-electron chi connectivity index (χ0n) is 14.2. The third kappa shape index (κ3) is 3.27. The van der Waals surface area contributed by atoms with Gasteiger partial charge in [-0.05, 0) is 39.8 Å². The number of rotatable bonds is 3. The first kappa shape index (κ1) is 16.1. The van der Waals surface area contributed by atoms with E-state index in [-0.39, 0.29) is 24.1 Å². The summed E-state index contributed by atoms with van der Waals surface area (Å²) in [5.41, 5.74) is 1.72. The van der Waals surface area contributed by atoms with Crippen molar-refractivity contribution in [2.45, 2.75) is 51.9 Å². The summed E-state index contributed by atoms with van der Waals surface area (Å²) in [6, 6.07) is 7.98. The predicted molar refractivity (Wildman–Crippen MR) is 88.2 cm³/mol. The SMILES string of the molecule is CCO[C@@H]1C=C2c3ccccc3O[C@@H]2C[C@@H]1C(=O)OC(C)(C)C. The Kier molecular flexibility index (Phi) is 4.19. The van der Waals surface area contributed by atoms with Gasteiger partial charge in [0.05, 0.1) is 12.0 Å². The molecule has 0 bridgehead atoms. The third-order valence-corrected chi connectivity index (χ3v) is 4.09. The number of fused-ring (bicyclic) bond motifs is 3. The fourth-order valence-corrected chi connectivity index (χ4v) is 3.19. The van der Waals surface area contributed by atoms with Gasteiger partial charge in [0.2, 0.25) is 0 Å². The summed E-state index contributed by atoms with van der Waals surface area (Å²) in [7, 11) is 0. The Balaban J connectivity index is 1.88. The molecule has 3 atom stereocenters. The minimum atomic E-state index is -0.503. The van der Waals surface area contributed by atoms with Crippen LogP contribution in [0.15, 0.2) is 30.3 Å². The van der Waals surface area contributed by atoms with E-state index < -0.39 is 5.60 Å². The Hall–Kier alpha value is -1.81. The van der Waals surface area contributed by atoms with E-state index in [9.17, 15) is 4.79 Å². The number of ether oxygens (including phenoxy) is 3. The van der Waals surface area contributed by atoms with E-state index in [2.05, 4.69) is 6.07 Å². The Morgan fingerprint density at radius 2 is 2.04 bits per heavy atom. The van der Waals surface area contributed by atoms with Crippen molar-refractivity contribution in [1.82, 2.24) is 0 Å². The first-order chi connectivity index (χ1) is 10.9. The zero-order valence-corrected chi connectivity index (χ0v) is 14.2. The van der Waals surface area contributed by atoms with Crippen LogP contribution in [0.25, 0.3) is 5.57 Å². The molecule has 1 aromatic carbocycles. The van der Waals surface area contributed by atoms with E-state index in [1.165, 1.54) is 0 Å². The number of hydrogen-bond donors (Lipinski definition) is 0. The summed E-state index contributed by atoms with van der Waals surface area (Å²) >= 11 is 0. The fourth-order valence-electron chi connectivity index (χ4n) is 3.19. The predicted octanol–water partition coefficient (Wildman–Crippen LogP) is 3.60. The van der Waals surface area contributed by atoms with Crippen molar-refractivity contribution in [3.05, 3.63) is 35.9 Å². The number of carbonyl (C=O) groups is 1. The second-order valence-electron chi connectivity index (χ2n) is 7.02. The molecule has 0 saturated carbocycles. The second kappa shape index (κ2) is 6.00. The lowest BCUT2D eigenvalue weighted by atomic mass is 9.83. The highest BCUT2D eigenvalue weighted by atomic mass is 16.6. The van der Waals surface area contributed by atoms with Crippen LogP contribution in [0.4, 0.5) is 0 Å². The van der Waals surface area contributed by atoms with Gasteiger partial charge in [-0.15, -0.1) is 0 Å². The fraction of sp³-hybridized carbons (Fsp3) is 0.526. The molecule has 23 heavy (non-hydrogen) atoms. The van der Waals surface area contributed by atoms with E-state index in [0.717, 1.165) is 16.9 Å². The number of para-hydroxylation sites is 1. The van der Waals surface area contributed by atoms with Crippen LogP contribution in [0.5, 0.6) is 5.75 Å². The highest BCUT2D eigenvalue weighted by molar-refractivity contribution is 5.82. The van der Waals surface area contributed by atoms with E-state index in [1.54, 1.807) is 0 Å². The molecule has 3 rings (SSSR count). The van der Waals surface area contributed by atoms with Crippen LogP contribution >= 0.6 is 0 Å². The first-order valence-corrected chi connectivity index (χ1v) is 8.21. The molecule has 1 aliphatic carbocycles. The summed E-state index contributed by atoms with van der Waals surface area (Å²) in [6.07, 6.45) is 2.26. The van der Waals surface area contributed by atoms with Crippen LogP contribution in [0.2, 0.25) is 0 Å². The molecule has 0 amide bonds. The van der Waals surface area contributed by atoms with Crippen molar-refractivity contribution in [2.24, 2.45) is 5.92 Å². The molecular formula is C19H24O4. The summed E-state index contributed by atoms with van der Waals surface area (Å²) in [5.74, 6) is 0.326. The van der Waals surface area contributed by atoms with Gasteiger partial charge in [-0.2, -0.15) is 0 Å². The van der Waals surface area contributed by atoms with E-state index in [4.69, 9.17) is 14.2 Å². The Morgan fingerprint density at radius 1 is 1.30 bits per heavy atom. The quantitative estimate of drug-likeness (QED) is 0.799. The van der Waals surface area contributed by atoms with E-state index in [0.29, 0.717) is 13.0 Å². The first-order valence-electron chi connectivity index (χ1n) is 8.21. The summed E-state index contributed by atoms with van der Waals surface area (Å²) in [4.78, 5) is 12.6. The zero-order chi connectivity index (χ0) is 16.6. The van der Waals surface area contributed by atoms with Crippen LogP contribution in [0, 0.1) is 5.92 Å². The molecule has 0 radical (unpaired) electrons. The van der Waals surface area contributed by atoms with Gasteiger partial charge in [0.1, 0.15) is 17.5 Å². The van der Waals surface area contributed by atoms with Gasteiger partial charge in [-0.25, -0.2) is 0 Å². The molecule has 1 heterocycles. The highest BCUT2D eigenvalue weighted by Crippen LogP contribution is 2.44. The molecule has 0 N–H and O–H groups in total. The Morgan fingerprint density at radius 3 is 2.74 bits per heavy atom. The van der Waals surface area contributed by atoms with Gasteiger partial charge in [0, 0.05) is 24.2 Å². The maximum absolute atomic E-state index is 12.6. The maximum Gasteiger partial charge on any atom is 0.312 e. The largest absolute Gasteiger partial charge is 0.485 e. The lowest BCUT2D eigenvalue weighted by molar-refractivity contribution is -0.165. The molecule has 0 saturated heterocycles. The van der Waals surface area contributed by atoms with Crippen LogP contribution in [-0.2, 0) is 14.3 Å². The van der Waals surface area contributed by atoms with Gasteiger partial charge < -0.3 is 14.2 Å². The minimum Gasteiger partial charge on any atom is -0.485 e. The number of carbonyl (C=O) groups excluding carboxylic acids is 1. The van der Waals surface area contributed by atoms with Crippen LogP contribution in [0.1, 0.15) is 39.7 Å². The van der Waals surface area contributed by atoms with Gasteiger partial charge >= 0.3 is 5.97 Å². The molecule has 2 aliphatic rings. The molecule has 0 unspecified atom stereocenters. The summed E-state index contributed by atoms with van der Waals surface area (Å²) in [5, 5.41) is 0. The highest BCUT2D eigenvalue weighted by Gasteiger charge is 2.42. The van der Waals surface area contributed by atoms with Gasteiger partial charge in [-0.1, -0.05) is 18.2 Å². The molecular weight excluding hydrogens is 292 g/mol. The molecule has 1 aliphatic heterocycles. The number of benzene rings is 1. The molecule has 1 aromatic rings. The van der Waals surface area contributed by atoms with Crippen molar-refractivity contribution in [2.75, 3.05) is 6.61 Å². The Bertz CT molecular complexity index is 627. The molecule has 0 aromatic heterocycles. The molecule has 124 valence electrons. The topological polar surface area (TPSA) is 44.8 Å². The van der Waals surface area contributed by atoms with Gasteiger partial charge in [0.25, 0.3) is 0 Å². The molecule has 4 nitrogen and oxygen atoms in total. The Labute approximate surface area is 137 Å².